The molecule has 0 spiro atoms. The molecule has 8 heteroatoms. The third-order valence-corrected chi connectivity index (χ3v) is 3.75. The number of pyridine rings is 1. The molecule has 0 aromatic carbocycles. The third-order valence-electron chi connectivity index (χ3n) is 3.32. The fourth-order valence-corrected chi connectivity index (χ4v) is 2.79. The number of halogens is 1. The molecule has 1 aliphatic heterocycles. The van der Waals surface area contributed by atoms with E-state index in [1.54, 1.807) is 4.90 Å². The molecule has 1 aliphatic rings. The minimum Gasteiger partial charge on any atom is -0.481 e. The third kappa shape index (κ3) is 3.24. The Kier molecular flexibility index (Phi) is 4.53. The van der Waals surface area contributed by atoms with Crippen LogP contribution in [-0.2, 0) is 4.79 Å². The highest BCUT2D eigenvalue weighted by Gasteiger charge is 2.30. The molecule has 0 radical (unpaired) electrons. The second-order valence-corrected chi connectivity index (χ2v) is 5.61. The first-order valence-corrected chi connectivity index (χ1v) is 7.06. The molecule has 1 aromatic rings. The van der Waals surface area contributed by atoms with E-state index in [-0.39, 0.29) is 24.0 Å². The van der Waals surface area contributed by atoms with E-state index in [1.165, 1.54) is 12.3 Å². The number of rotatable bonds is 4. The van der Waals surface area contributed by atoms with Gasteiger partial charge in [-0.2, -0.15) is 0 Å². The van der Waals surface area contributed by atoms with Crippen molar-refractivity contribution in [1.82, 2.24) is 4.98 Å². The lowest BCUT2D eigenvalue weighted by atomic mass is 9.99. The summed E-state index contributed by atoms with van der Waals surface area (Å²) in [6.07, 6.45) is 3.98. The fourth-order valence-electron chi connectivity index (χ4n) is 2.47. The average Bonchev–Trinajstić information content (AvgIpc) is 2.39. The number of piperidine rings is 1. The van der Waals surface area contributed by atoms with Crippen LogP contribution in [0.25, 0.3) is 0 Å². The highest BCUT2D eigenvalue weighted by atomic mass is 79.9. The second-order valence-electron chi connectivity index (χ2n) is 4.69. The Balaban J connectivity index is 2.36. The maximum absolute atomic E-state index is 11.1. The highest BCUT2D eigenvalue weighted by molar-refractivity contribution is 9.10. The van der Waals surface area contributed by atoms with Gasteiger partial charge in [-0.05, 0) is 35.2 Å². The van der Waals surface area contributed by atoms with Crippen molar-refractivity contribution in [2.75, 3.05) is 11.4 Å². The summed E-state index contributed by atoms with van der Waals surface area (Å²) in [7, 11) is 0. The Bertz CT molecular complexity index is 537. The summed E-state index contributed by atoms with van der Waals surface area (Å²) in [5.74, 6) is -0.647. The van der Waals surface area contributed by atoms with Gasteiger partial charge in [0.15, 0.2) is 0 Å². The molecule has 1 saturated heterocycles. The van der Waals surface area contributed by atoms with Gasteiger partial charge in [0.2, 0.25) is 5.82 Å². The smallest absolute Gasteiger partial charge is 0.312 e. The van der Waals surface area contributed by atoms with Crippen molar-refractivity contribution in [2.45, 2.75) is 31.7 Å². The van der Waals surface area contributed by atoms with Gasteiger partial charge in [0, 0.05) is 29.3 Å². The number of carbonyl (C=O) groups is 1. The molecule has 2 rings (SSSR count). The van der Waals surface area contributed by atoms with E-state index in [9.17, 15) is 14.9 Å². The van der Waals surface area contributed by atoms with Crippen LogP contribution < -0.4 is 4.90 Å². The van der Waals surface area contributed by atoms with Crippen molar-refractivity contribution < 1.29 is 14.8 Å². The van der Waals surface area contributed by atoms with Gasteiger partial charge in [0.25, 0.3) is 0 Å². The van der Waals surface area contributed by atoms with Crippen LogP contribution in [0.2, 0.25) is 0 Å². The Morgan fingerprint density at radius 3 is 3.00 bits per heavy atom. The Morgan fingerprint density at radius 1 is 1.60 bits per heavy atom. The molecular weight excluding hydrogens is 330 g/mol. The molecule has 0 aliphatic carbocycles. The predicted octanol–water partition coefficient (Wildman–Crippen LogP) is 2.59. The largest absolute Gasteiger partial charge is 0.481 e. The van der Waals surface area contributed by atoms with Crippen molar-refractivity contribution in [1.29, 1.82) is 0 Å². The molecule has 108 valence electrons. The topological polar surface area (TPSA) is 96.6 Å². The van der Waals surface area contributed by atoms with Gasteiger partial charge < -0.3 is 10.0 Å². The van der Waals surface area contributed by atoms with Gasteiger partial charge in [0.05, 0.1) is 11.3 Å². The standard InChI is InChI=1S/C12H14BrN3O4/c13-8-5-10(16(19)20)12(14-7-8)15-4-2-1-3-9(15)6-11(17)18/h5,7,9H,1-4,6H2,(H,17,18). The van der Waals surface area contributed by atoms with Gasteiger partial charge in [0.1, 0.15) is 0 Å². The number of aromatic nitrogens is 1. The van der Waals surface area contributed by atoms with Crippen molar-refractivity contribution in [3.63, 3.8) is 0 Å². The zero-order valence-electron chi connectivity index (χ0n) is 10.7. The van der Waals surface area contributed by atoms with Crippen LogP contribution in [0.4, 0.5) is 11.5 Å². The number of nitro groups is 1. The SMILES string of the molecule is O=C(O)CC1CCCCN1c1ncc(Br)cc1[N+](=O)[O-]. The number of hydrogen-bond donors (Lipinski definition) is 1. The van der Waals surface area contributed by atoms with Gasteiger partial charge in [-0.1, -0.05) is 0 Å². The maximum Gasteiger partial charge on any atom is 0.312 e. The summed E-state index contributed by atoms with van der Waals surface area (Å²) < 4.78 is 0.528. The Labute approximate surface area is 123 Å². The number of aliphatic carboxylic acids is 1. The van der Waals surface area contributed by atoms with Crippen LogP contribution >= 0.6 is 15.9 Å². The van der Waals surface area contributed by atoms with Gasteiger partial charge in [-0.25, -0.2) is 4.98 Å². The first kappa shape index (κ1) is 14.7. The van der Waals surface area contributed by atoms with Gasteiger partial charge in [-0.15, -0.1) is 0 Å². The molecule has 0 bridgehead atoms. The normalized spacial score (nSPS) is 18.9. The Hall–Kier alpha value is -1.70. The zero-order valence-corrected chi connectivity index (χ0v) is 12.2. The molecule has 1 N–H and O–H groups in total. The quantitative estimate of drug-likeness (QED) is 0.666. The number of nitrogens with zero attached hydrogens (tertiary/aromatic N) is 3. The molecule has 7 nitrogen and oxygen atoms in total. The molecule has 1 atom stereocenters. The minimum absolute atomic E-state index is 0.0328. The molecule has 0 saturated carbocycles. The summed E-state index contributed by atoms with van der Waals surface area (Å²) in [4.78, 5) is 27.5. The van der Waals surface area contributed by atoms with Crippen molar-refractivity contribution in [3.05, 3.63) is 26.9 Å². The van der Waals surface area contributed by atoms with E-state index in [2.05, 4.69) is 20.9 Å². The number of carboxylic acid groups (broad SMARTS) is 1. The van der Waals surface area contributed by atoms with E-state index in [4.69, 9.17) is 5.11 Å². The predicted molar refractivity (Wildman–Crippen MR) is 75.8 cm³/mol. The summed E-state index contributed by atoms with van der Waals surface area (Å²) in [6.45, 7) is 0.591. The van der Waals surface area contributed by atoms with Crippen LogP contribution in [-0.4, -0.2) is 33.6 Å². The van der Waals surface area contributed by atoms with E-state index in [0.29, 0.717) is 17.4 Å². The van der Waals surface area contributed by atoms with Crippen LogP contribution in [0, 0.1) is 10.1 Å². The molecule has 1 unspecified atom stereocenters. The van der Waals surface area contributed by atoms with Gasteiger partial charge >= 0.3 is 11.7 Å². The number of carboxylic acids is 1. The van der Waals surface area contributed by atoms with E-state index in [0.717, 1.165) is 12.8 Å². The fraction of sp³-hybridized carbons (Fsp3) is 0.500. The molecule has 2 heterocycles. The first-order chi connectivity index (χ1) is 9.49. The maximum atomic E-state index is 11.1. The molecule has 0 amide bonds. The second kappa shape index (κ2) is 6.17. The van der Waals surface area contributed by atoms with Crippen LogP contribution in [0.3, 0.4) is 0 Å². The lowest BCUT2D eigenvalue weighted by Gasteiger charge is -2.35. The lowest BCUT2D eigenvalue weighted by Crippen LogP contribution is -2.41. The van der Waals surface area contributed by atoms with E-state index in [1.807, 2.05) is 0 Å². The zero-order chi connectivity index (χ0) is 14.7. The van der Waals surface area contributed by atoms with Crippen molar-refractivity contribution >= 4 is 33.4 Å². The van der Waals surface area contributed by atoms with E-state index >= 15 is 0 Å². The molecule has 1 fully saturated rings. The summed E-state index contributed by atoms with van der Waals surface area (Å²) in [5, 5.41) is 20.1. The van der Waals surface area contributed by atoms with Crippen LogP contribution in [0.15, 0.2) is 16.7 Å². The van der Waals surface area contributed by atoms with Gasteiger partial charge in [-0.3, -0.25) is 14.9 Å². The monoisotopic (exact) mass is 343 g/mol. The van der Waals surface area contributed by atoms with Crippen LogP contribution in [0.5, 0.6) is 0 Å². The summed E-state index contributed by atoms with van der Waals surface area (Å²) in [6, 6.07) is 1.16. The summed E-state index contributed by atoms with van der Waals surface area (Å²) >= 11 is 3.16. The molecular formula is C12H14BrN3O4. The molecule has 1 aromatic heterocycles. The average molecular weight is 344 g/mol. The van der Waals surface area contributed by atoms with Crippen LogP contribution in [0.1, 0.15) is 25.7 Å². The number of anilines is 1. The van der Waals surface area contributed by atoms with Crippen molar-refractivity contribution in [3.8, 4) is 0 Å². The lowest BCUT2D eigenvalue weighted by molar-refractivity contribution is -0.384. The number of hydrogen-bond acceptors (Lipinski definition) is 5. The Morgan fingerprint density at radius 2 is 2.35 bits per heavy atom. The summed E-state index contributed by atoms with van der Waals surface area (Å²) in [5.41, 5.74) is -0.100. The highest BCUT2D eigenvalue weighted by Crippen LogP contribution is 2.33. The van der Waals surface area contributed by atoms with E-state index < -0.39 is 10.9 Å². The first-order valence-electron chi connectivity index (χ1n) is 6.27. The van der Waals surface area contributed by atoms with Crippen molar-refractivity contribution in [2.24, 2.45) is 0 Å². The molecule has 20 heavy (non-hydrogen) atoms. The minimum atomic E-state index is -0.901.